The van der Waals surface area contributed by atoms with Crippen LogP contribution in [-0.4, -0.2) is 17.4 Å². The van der Waals surface area contributed by atoms with E-state index in [1.165, 1.54) is 5.56 Å². The molecule has 3 heteroatoms. The summed E-state index contributed by atoms with van der Waals surface area (Å²) in [6.07, 6.45) is 0. The Bertz CT molecular complexity index is 668. The van der Waals surface area contributed by atoms with Gasteiger partial charge in [0.25, 0.3) is 5.91 Å². The van der Waals surface area contributed by atoms with E-state index in [0.717, 1.165) is 5.56 Å². The summed E-state index contributed by atoms with van der Waals surface area (Å²) < 4.78 is 0. The Morgan fingerprint density at radius 2 is 1.81 bits per heavy atom. The average molecular weight is 278 g/mol. The zero-order chi connectivity index (χ0) is 15.2. The highest BCUT2D eigenvalue weighted by Crippen LogP contribution is 2.14. The second-order valence-electron chi connectivity index (χ2n) is 4.93. The van der Waals surface area contributed by atoms with Gasteiger partial charge in [0.2, 0.25) is 0 Å². The molecule has 1 amide bonds. The number of nitrogens with zero attached hydrogens (tertiary/aromatic N) is 2. The van der Waals surface area contributed by atoms with Crippen LogP contribution in [0.4, 0.5) is 0 Å². The van der Waals surface area contributed by atoms with E-state index in [9.17, 15) is 4.79 Å². The lowest BCUT2D eigenvalue weighted by Gasteiger charge is -2.22. The predicted octanol–water partition coefficient (Wildman–Crippen LogP) is 3.53. The molecule has 0 fully saturated rings. The number of aryl methyl sites for hydroxylation is 1. The van der Waals surface area contributed by atoms with Crippen LogP contribution in [0.5, 0.6) is 0 Å². The van der Waals surface area contributed by atoms with Gasteiger partial charge < -0.3 is 4.90 Å². The average Bonchev–Trinajstić information content (AvgIpc) is 2.53. The Hall–Kier alpha value is -2.60. The van der Waals surface area contributed by atoms with Crippen molar-refractivity contribution in [3.05, 3.63) is 70.8 Å². The molecule has 0 aliphatic heterocycles. The van der Waals surface area contributed by atoms with Crippen molar-refractivity contribution in [2.24, 2.45) is 0 Å². The van der Waals surface area contributed by atoms with E-state index < -0.39 is 0 Å². The van der Waals surface area contributed by atoms with Crippen LogP contribution in [0.2, 0.25) is 0 Å². The minimum absolute atomic E-state index is 0.00903. The lowest BCUT2D eigenvalue weighted by molar-refractivity contribution is 0.0752. The molecular formula is C18H18N2O. The third-order valence-corrected chi connectivity index (χ3v) is 3.55. The molecule has 0 atom stereocenters. The van der Waals surface area contributed by atoms with Crippen LogP contribution in [0.15, 0.2) is 48.5 Å². The zero-order valence-electron chi connectivity index (χ0n) is 12.3. The molecule has 21 heavy (non-hydrogen) atoms. The highest BCUT2D eigenvalue weighted by atomic mass is 16.2. The Labute approximate surface area is 125 Å². The molecule has 0 heterocycles. The van der Waals surface area contributed by atoms with Crippen molar-refractivity contribution in [3.63, 3.8) is 0 Å². The van der Waals surface area contributed by atoms with E-state index in [2.05, 4.69) is 19.1 Å². The Morgan fingerprint density at radius 3 is 2.38 bits per heavy atom. The topological polar surface area (TPSA) is 44.1 Å². The molecular weight excluding hydrogens is 260 g/mol. The Kier molecular flexibility index (Phi) is 4.73. The van der Waals surface area contributed by atoms with Crippen LogP contribution in [-0.2, 0) is 6.54 Å². The first kappa shape index (κ1) is 14.8. The molecule has 106 valence electrons. The van der Waals surface area contributed by atoms with E-state index in [-0.39, 0.29) is 5.91 Å². The monoisotopic (exact) mass is 278 g/mol. The summed E-state index contributed by atoms with van der Waals surface area (Å²) in [5.74, 6) is -0.00903. The number of hydrogen-bond donors (Lipinski definition) is 0. The number of benzene rings is 2. The van der Waals surface area contributed by atoms with Gasteiger partial charge in [-0.05, 0) is 49.2 Å². The number of carbonyl (C=O) groups excluding carboxylic acids is 1. The van der Waals surface area contributed by atoms with Crippen LogP contribution >= 0.6 is 0 Å². The molecule has 0 saturated heterocycles. The fourth-order valence-corrected chi connectivity index (χ4v) is 2.19. The molecule has 2 rings (SSSR count). The quantitative estimate of drug-likeness (QED) is 0.858. The number of amides is 1. The molecule has 0 aromatic heterocycles. The largest absolute Gasteiger partial charge is 0.335 e. The van der Waals surface area contributed by atoms with Crippen molar-refractivity contribution < 1.29 is 4.79 Å². The summed E-state index contributed by atoms with van der Waals surface area (Å²) in [5.41, 5.74) is 3.52. The molecule has 0 N–H and O–H groups in total. The number of carbonyl (C=O) groups is 1. The smallest absolute Gasteiger partial charge is 0.254 e. The lowest BCUT2D eigenvalue weighted by Crippen LogP contribution is -2.30. The normalized spacial score (nSPS) is 9.95. The number of hydrogen-bond acceptors (Lipinski definition) is 2. The second kappa shape index (κ2) is 6.71. The third kappa shape index (κ3) is 3.49. The van der Waals surface area contributed by atoms with Gasteiger partial charge in [-0.15, -0.1) is 0 Å². The standard InChI is InChI=1S/C18H18N2O/c1-3-20(13-17-7-5-4-6-14(17)2)18(21)16-10-8-15(12-19)9-11-16/h4-11H,3,13H2,1-2H3. The van der Waals surface area contributed by atoms with Crippen molar-refractivity contribution in [1.29, 1.82) is 5.26 Å². The first-order chi connectivity index (χ1) is 10.2. The molecule has 0 spiro atoms. The van der Waals surface area contributed by atoms with Gasteiger partial charge in [-0.1, -0.05) is 24.3 Å². The molecule has 0 bridgehead atoms. The van der Waals surface area contributed by atoms with Crippen LogP contribution in [0.25, 0.3) is 0 Å². The third-order valence-electron chi connectivity index (χ3n) is 3.55. The van der Waals surface area contributed by atoms with Gasteiger partial charge in [0.15, 0.2) is 0 Å². The van der Waals surface area contributed by atoms with E-state index in [1.807, 2.05) is 30.0 Å². The Morgan fingerprint density at radius 1 is 1.14 bits per heavy atom. The fraction of sp³-hybridized carbons (Fsp3) is 0.222. The van der Waals surface area contributed by atoms with Crippen LogP contribution < -0.4 is 0 Å². The molecule has 0 radical (unpaired) electrons. The van der Waals surface area contributed by atoms with E-state index >= 15 is 0 Å². The highest BCUT2D eigenvalue weighted by Gasteiger charge is 2.15. The van der Waals surface area contributed by atoms with Crippen molar-refractivity contribution in [3.8, 4) is 6.07 Å². The Balaban J connectivity index is 2.18. The summed E-state index contributed by atoms with van der Waals surface area (Å²) in [5, 5.41) is 8.80. The van der Waals surface area contributed by atoms with Crippen molar-refractivity contribution in [2.75, 3.05) is 6.54 Å². The van der Waals surface area contributed by atoms with Gasteiger partial charge in [-0.2, -0.15) is 5.26 Å². The first-order valence-corrected chi connectivity index (χ1v) is 6.99. The second-order valence-corrected chi connectivity index (χ2v) is 4.93. The maximum Gasteiger partial charge on any atom is 0.254 e. The maximum atomic E-state index is 12.5. The zero-order valence-corrected chi connectivity index (χ0v) is 12.3. The fourth-order valence-electron chi connectivity index (χ4n) is 2.19. The summed E-state index contributed by atoms with van der Waals surface area (Å²) in [6.45, 7) is 5.27. The molecule has 0 aliphatic rings. The number of nitriles is 1. The summed E-state index contributed by atoms with van der Waals surface area (Å²) in [7, 11) is 0. The predicted molar refractivity (Wildman–Crippen MR) is 82.8 cm³/mol. The van der Waals surface area contributed by atoms with Crippen molar-refractivity contribution >= 4 is 5.91 Å². The van der Waals surface area contributed by atoms with Gasteiger partial charge in [0, 0.05) is 18.7 Å². The van der Waals surface area contributed by atoms with Gasteiger partial charge in [-0.25, -0.2) is 0 Å². The van der Waals surface area contributed by atoms with E-state index in [4.69, 9.17) is 5.26 Å². The lowest BCUT2D eigenvalue weighted by atomic mass is 10.1. The van der Waals surface area contributed by atoms with Gasteiger partial charge >= 0.3 is 0 Å². The van der Waals surface area contributed by atoms with E-state index in [0.29, 0.717) is 24.2 Å². The molecule has 0 unspecified atom stereocenters. The van der Waals surface area contributed by atoms with Crippen LogP contribution in [0.3, 0.4) is 0 Å². The van der Waals surface area contributed by atoms with Crippen LogP contribution in [0, 0.1) is 18.3 Å². The van der Waals surface area contributed by atoms with E-state index in [1.54, 1.807) is 24.3 Å². The summed E-state index contributed by atoms with van der Waals surface area (Å²) in [4.78, 5) is 14.3. The van der Waals surface area contributed by atoms with Crippen molar-refractivity contribution in [2.45, 2.75) is 20.4 Å². The summed E-state index contributed by atoms with van der Waals surface area (Å²) in [6, 6.07) is 16.9. The molecule has 0 saturated carbocycles. The molecule has 2 aromatic carbocycles. The maximum absolute atomic E-state index is 12.5. The molecule has 3 nitrogen and oxygen atoms in total. The van der Waals surface area contributed by atoms with Crippen molar-refractivity contribution in [1.82, 2.24) is 4.90 Å². The molecule has 0 aliphatic carbocycles. The highest BCUT2D eigenvalue weighted by molar-refractivity contribution is 5.94. The van der Waals surface area contributed by atoms with Gasteiger partial charge in [0.1, 0.15) is 0 Å². The van der Waals surface area contributed by atoms with Gasteiger partial charge in [-0.3, -0.25) is 4.79 Å². The first-order valence-electron chi connectivity index (χ1n) is 6.99. The minimum atomic E-state index is -0.00903. The molecule has 2 aromatic rings. The van der Waals surface area contributed by atoms with Crippen LogP contribution in [0.1, 0.15) is 34.0 Å². The van der Waals surface area contributed by atoms with Gasteiger partial charge in [0.05, 0.1) is 11.6 Å². The minimum Gasteiger partial charge on any atom is -0.335 e. The SMILES string of the molecule is CCN(Cc1ccccc1C)C(=O)c1ccc(C#N)cc1. The summed E-state index contributed by atoms with van der Waals surface area (Å²) >= 11 is 0. The number of rotatable bonds is 4.